The predicted octanol–water partition coefficient (Wildman–Crippen LogP) is 2.16. The fourth-order valence-corrected chi connectivity index (χ4v) is 1.36. The Labute approximate surface area is 72.8 Å². The maximum Gasteiger partial charge on any atom is 0.163 e. The van der Waals surface area contributed by atoms with Gasteiger partial charge in [-0.05, 0) is 26.7 Å². The van der Waals surface area contributed by atoms with E-state index in [-0.39, 0.29) is 11.9 Å². The van der Waals surface area contributed by atoms with Gasteiger partial charge in [-0.2, -0.15) is 0 Å². The summed E-state index contributed by atoms with van der Waals surface area (Å²) in [5.41, 5.74) is 0. The second-order valence-corrected chi connectivity index (χ2v) is 3.66. The lowest BCUT2D eigenvalue weighted by atomic mass is 10.2. The van der Waals surface area contributed by atoms with Gasteiger partial charge in [-0.1, -0.05) is 0 Å². The van der Waals surface area contributed by atoms with E-state index in [4.69, 9.17) is 21.1 Å². The number of halogens is 1. The SMILES string of the molecule is CC1(C)OC[C@H](CCCCl)O1. The molecular weight excluding hydrogens is 164 g/mol. The largest absolute Gasteiger partial charge is 0.348 e. The Morgan fingerprint density at radius 1 is 1.55 bits per heavy atom. The van der Waals surface area contributed by atoms with Crippen molar-refractivity contribution in [2.45, 2.75) is 38.6 Å². The van der Waals surface area contributed by atoms with E-state index >= 15 is 0 Å². The summed E-state index contributed by atoms with van der Waals surface area (Å²) in [4.78, 5) is 0. The van der Waals surface area contributed by atoms with Gasteiger partial charge >= 0.3 is 0 Å². The minimum atomic E-state index is -0.378. The molecule has 0 spiro atoms. The maximum atomic E-state index is 5.57. The smallest absolute Gasteiger partial charge is 0.163 e. The molecule has 66 valence electrons. The molecule has 3 heteroatoms. The highest BCUT2D eigenvalue weighted by atomic mass is 35.5. The predicted molar refractivity (Wildman–Crippen MR) is 44.9 cm³/mol. The first-order valence-electron chi connectivity index (χ1n) is 4.02. The molecule has 1 rings (SSSR count). The lowest BCUT2D eigenvalue weighted by Crippen LogP contribution is -2.21. The third kappa shape index (κ3) is 2.97. The van der Waals surface area contributed by atoms with Crippen molar-refractivity contribution in [3.63, 3.8) is 0 Å². The van der Waals surface area contributed by atoms with Crippen molar-refractivity contribution in [2.75, 3.05) is 12.5 Å². The van der Waals surface area contributed by atoms with Crippen LogP contribution in [0.5, 0.6) is 0 Å². The average molecular weight is 179 g/mol. The molecule has 0 amide bonds. The Balaban J connectivity index is 2.20. The van der Waals surface area contributed by atoms with Crippen molar-refractivity contribution in [1.82, 2.24) is 0 Å². The Bertz CT molecular complexity index is 125. The van der Waals surface area contributed by atoms with Crippen LogP contribution in [0.2, 0.25) is 0 Å². The third-order valence-corrected chi connectivity index (χ3v) is 1.99. The number of alkyl halides is 1. The first kappa shape index (κ1) is 9.30. The maximum absolute atomic E-state index is 5.57. The molecule has 0 unspecified atom stereocenters. The van der Waals surface area contributed by atoms with Crippen LogP contribution in [0.4, 0.5) is 0 Å². The number of hydrogen-bond acceptors (Lipinski definition) is 2. The van der Waals surface area contributed by atoms with Crippen LogP contribution in [0.1, 0.15) is 26.7 Å². The van der Waals surface area contributed by atoms with Crippen molar-refractivity contribution in [3.8, 4) is 0 Å². The summed E-state index contributed by atoms with van der Waals surface area (Å²) in [6, 6.07) is 0. The van der Waals surface area contributed by atoms with Crippen LogP contribution in [-0.2, 0) is 9.47 Å². The summed E-state index contributed by atoms with van der Waals surface area (Å²) in [6.07, 6.45) is 2.27. The van der Waals surface area contributed by atoms with Gasteiger partial charge in [0.1, 0.15) is 0 Å². The van der Waals surface area contributed by atoms with Gasteiger partial charge in [0.2, 0.25) is 0 Å². The molecule has 0 radical (unpaired) electrons. The molecular formula is C8H15ClO2. The van der Waals surface area contributed by atoms with Gasteiger partial charge in [0, 0.05) is 5.88 Å². The fraction of sp³-hybridized carbons (Fsp3) is 1.00. The molecule has 0 bridgehead atoms. The van der Waals surface area contributed by atoms with E-state index in [0.717, 1.165) is 12.8 Å². The molecule has 0 aliphatic carbocycles. The molecule has 1 aliphatic rings. The first-order chi connectivity index (χ1) is 5.14. The van der Waals surface area contributed by atoms with E-state index < -0.39 is 0 Å². The van der Waals surface area contributed by atoms with Crippen LogP contribution >= 0.6 is 11.6 Å². The van der Waals surface area contributed by atoms with Crippen LogP contribution in [0.25, 0.3) is 0 Å². The summed E-state index contributed by atoms with van der Waals surface area (Å²) in [6.45, 7) is 4.59. The van der Waals surface area contributed by atoms with Crippen LogP contribution < -0.4 is 0 Å². The molecule has 11 heavy (non-hydrogen) atoms. The summed E-state index contributed by atoms with van der Waals surface area (Å²) in [7, 11) is 0. The third-order valence-electron chi connectivity index (χ3n) is 1.73. The first-order valence-corrected chi connectivity index (χ1v) is 4.55. The van der Waals surface area contributed by atoms with Gasteiger partial charge in [0.25, 0.3) is 0 Å². The second kappa shape index (κ2) is 3.74. The molecule has 0 aromatic rings. The van der Waals surface area contributed by atoms with E-state index in [1.807, 2.05) is 13.8 Å². The summed E-state index contributed by atoms with van der Waals surface area (Å²) in [5.74, 6) is 0.331. The lowest BCUT2D eigenvalue weighted by Gasteiger charge is -2.16. The van der Waals surface area contributed by atoms with Crippen molar-refractivity contribution in [1.29, 1.82) is 0 Å². The van der Waals surface area contributed by atoms with E-state index in [1.54, 1.807) is 0 Å². The van der Waals surface area contributed by atoms with Crippen LogP contribution in [-0.4, -0.2) is 24.4 Å². The highest BCUT2D eigenvalue weighted by molar-refractivity contribution is 6.17. The molecule has 1 heterocycles. The van der Waals surface area contributed by atoms with Crippen LogP contribution in [0, 0.1) is 0 Å². The number of rotatable bonds is 3. The molecule has 0 aromatic carbocycles. The minimum absolute atomic E-state index is 0.253. The van der Waals surface area contributed by atoms with Crippen molar-refractivity contribution in [3.05, 3.63) is 0 Å². The molecule has 0 N–H and O–H groups in total. The Morgan fingerprint density at radius 2 is 2.27 bits per heavy atom. The molecule has 1 aliphatic heterocycles. The molecule has 0 aromatic heterocycles. The lowest BCUT2D eigenvalue weighted by molar-refractivity contribution is -0.138. The Hall–Kier alpha value is 0.210. The van der Waals surface area contributed by atoms with E-state index in [0.29, 0.717) is 12.5 Å². The van der Waals surface area contributed by atoms with Crippen LogP contribution in [0.3, 0.4) is 0 Å². The fourth-order valence-electron chi connectivity index (χ4n) is 1.21. The summed E-state index contributed by atoms with van der Waals surface area (Å²) >= 11 is 5.55. The number of ether oxygens (including phenoxy) is 2. The standard InChI is InChI=1S/C8H15ClO2/c1-8(2)10-6-7(11-8)4-3-5-9/h7H,3-6H2,1-2H3/t7-/m0/s1. The minimum Gasteiger partial charge on any atom is -0.348 e. The summed E-state index contributed by atoms with van der Waals surface area (Å²) < 4.78 is 11.0. The van der Waals surface area contributed by atoms with Gasteiger partial charge in [-0.25, -0.2) is 0 Å². The van der Waals surface area contributed by atoms with Crippen molar-refractivity contribution in [2.24, 2.45) is 0 Å². The van der Waals surface area contributed by atoms with Gasteiger partial charge in [-0.15, -0.1) is 11.6 Å². The Morgan fingerprint density at radius 3 is 2.73 bits per heavy atom. The Kier molecular flexibility index (Phi) is 3.16. The second-order valence-electron chi connectivity index (χ2n) is 3.28. The molecule has 1 fully saturated rings. The molecule has 1 atom stereocenters. The van der Waals surface area contributed by atoms with Gasteiger partial charge in [0.05, 0.1) is 12.7 Å². The highest BCUT2D eigenvalue weighted by Crippen LogP contribution is 2.24. The van der Waals surface area contributed by atoms with Crippen molar-refractivity contribution < 1.29 is 9.47 Å². The van der Waals surface area contributed by atoms with Gasteiger partial charge in [0.15, 0.2) is 5.79 Å². The van der Waals surface area contributed by atoms with Gasteiger partial charge in [-0.3, -0.25) is 0 Å². The van der Waals surface area contributed by atoms with E-state index in [9.17, 15) is 0 Å². The van der Waals surface area contributed by atoms with Gasteiger partial charge < -0.3 is 9.47 Å². The molecule has 2 nitrogen and oxygen atoms in total. The topological polar surface area (TPSA) is 18.5 Å². The zero-order chi connectivity index (χ0) is 8.32. The number of hydrogen-bond donors (Lipinski definition) is 0. The highest BCUT2D eigenvalue weighted by Gasteiger charge is 2.31. The molecule has 0 saturated carbocycles. The zero-order valence-corrected chi connectivity index (χ0v) is 7.86. The normalized spacial score (nSPS) is 29.2. The summed E-state index contributed by atoms with van der Waals surface area (Å²) in [5, 5.41) is 0. The zero-order valence-electron chi connectivity index (χ0n) is 7.10. The monoisotopic (exact) mass is 178 g/mol. The van der Waals surface area contributed by atoms with E-state index in [2.05, 4.69) is 0 Å². The van der Waals surface area contributed by atoms with Crippen LogP contribution in [0.15, 0.2) is 0 Å². The average Bonchev–Trinajstić information content (AvgIpc) is 2.26. The quantitative estimate of drug-likeness (QED) is 0.617. The van der Waals surface area contributed by atoms with E-state index in [1.165, 1.54) is 0 Å². The molecule has 1 saturated heterocycles. The van der Waals surface area contributed by atoms with Crippen molar-refractivity contribution >= 4 is 11.6 Å².